The lowest BCUT2D eigenvalue weighted by Crippen LogP contribution is -2.08. The van der Waals surface area contributed by atoms with Crippen LogP contribution in [0, 0.1) is 0 Å². The third-order valence-electron chi connectivity index (χ3n) is 3.00. The van der Waals surface area contributed by atoms with E-state index in [-0.39, 0.29) is 22.9 Å². The Balaban J connectivity index is 1.91. The zero-order chi connectivity index (χ0) is 15.5. The predicted octanol–water partition coefficient (Wildman–Crippen LogP) is 3.13. The Bertz CT molecular complexity index is 845. The molecule has 7 heteroatoms. The third-order valence-corrected chi connectivity index (χ3v) is 4.59. The molecule has 3 rings (SSSR count). The molecule has 0 saturated heterocycles. The summed E-state index contributed by atoms with van der Waals surface area (Å²) in [6.07, 6.45) is 1.66. The molecule has 1 aromatic carbocycles. The number of rotatable bonds is 4. The molecule has 0 fully saturated rings. The second kappa shape index (κ2) is 6.29. The van der Waals surface area contributed by atoms with E-state index in [9.17, 15) is 9.90 Å². The number of aromatic nitrogens is 3. The molecule has 22 heavy (non-hydrogen) atoms. The van der Waals surface area contributed by atoms with Crippen molar-refractivity contribution in [2.75, 3.05) is 0 Å². The van der Waals surface area contributed by atoms with Gasteiger partial charge >= 0.3 is 0 Å². The Labute approximate surface area is 135 Å². The van der Waals surface area contributed by atoms with E-state index in [2.05, 4.69) is 10.1 Å². The summed E-state index contributed by atoms with van der Waals surface area (Å²) in [5, 5.41) is 13.4. The Morgan fingerprint density at radius 3 is 2.73 bits per heavy atom. The SMILES string of the molecule is O=c1[nH]n(Cc2ccccn2)c(O)c1Sc1ccccc1Cl. The van der Waals surface area contributed by atoms with E-state index >= 15 is 0 Å². The van der Waals surface area contributed by atoms with Crippen LogP contribution in [0.5, 0.6) is 5.88 Å². The van der Waals surface area contributed by atoms with Gasteiger partial charge in [-0.2, -0.15) is 0 Å². The van der Waals surface area contributed by atoms with Crippen LogP contribution in [0.4, 0.5) is 0 Å². The number of aromatic amines is 1. The number of hydrogen-bond acceptors (Lipinski definition) is 4. The molecule has 0 amide bonds. The van der Waals surface area contributed by atoms with E-state index in [4.69, 9.17) is 11.6 Å². The predicted molar refractivity (Wildman–Crippen MR) is 85.6 cm³/mol. The number of halogens is 1. The normalized spacial score (nSPS) is 10.8. The molecule has 0 unspecified atom stereocenters. The molecular formula is C15H12ClN3O2S. The standard InChI is InChI=1S/C15H12ClN3O2S/c16-11-6-1-2-7-12(11)22-13-14(20)18-19(15(13)21)9-10-5-3-4-8-17-10/h1-8,21H,9H2,(H,18,20). The fourth-order valence-electron chi connectivity index (χ4n) is 1.95. The van der Waals surface area contributed by atoms with Crippen LogP contribution in [0.3, 0.4) is 0 Å². The average molecular weight is 334 g/mol. The van der Waals surface area contributed by atoms with E-state index in [1.807, 2.05) is 24.3 Å². The summed E-state index contributed by atoms with van der Waals surface area (Å²) in [5.74, 6) is -0.124. The first kappa shape index (κ1) is 14.7. The van der Waals surface area contributed by atoms with E-state index in [1.165, 1.54) is 4.68 Å². The summed E-state index contributed by atoms with van der Waals surface area (Å²) >= 11 is 7.22. The molecule has 0 bridgehead atoms. The Hall–Kier alpha value is -2.18. The molecular weight excluding hydrogens is 322 g/mol. The van der Waals surface area contributed by atoms with Gasteiger partial charge in [-0.25, -0.2) is 4.68 Å². The number of pyridine rings is 1. The molecule has 0 spiro atoms. The first-order valence-electron chi connectivity index (χ1n) is 6.49. The monoisotopic (exact) mass is 333 g/mol. The van der Waals surface area contributed by atoms with E-state index in [0.29, 0.717) is 9.92 Å². The van der Waals surface area contributed by atoms with Crippen molar-refractivity contribution in [1.82, 2.24) is 14.8 Å². The van der Waals surface area contributed by atoms with Crippen molar-refractivity contribution in [2.24, 2.45) is 0 Å². The van der Waals surface area contributed by atoms with Crippen LogP contribution in [-0.4, -0.2) is 19.9 Å². The lowest BCUT2D eigenvalue weighted by atomic mass is 10.3. The molecule has 2 heterocycles. The largest absolute Gasteiger partial charge is 0.493 e. The highest BCUT2D eigenvalue weighted by Gasteiger charge is 2.17. The van der Waals surface area contributed by atoms with Crippen LogP contribution < -0.4 is 5.56 Å². The average Bonchev–Trinajstić information content (AvgIpc) is 2.78. The van der Waals surface area contributed by atoms with Gasteiger partial charge in [0.1, 0.15) is 4.90 Å². The Kier molecular flexibility index (Phi) is 4.22. The van der Waals surface area contributed by atoms with Crippen molar-refractivity contribution in [3.63, 3.8) is 0 Å². The molecule has 2 aromatic heterocycles. The first-order chi connectivity index (χ1) is 10.6. The van der Waals surface area contributed by atoms with Gasteiger partial charge in [0.2, 0.25) is 5.88 Å². The molecule has 0 aliphatic rings. The van der Waals surface area contributed by atoms with Crippen LogP contribution in [0.25, 0.3) is 0 Å². The molecule has 0 aliphatic heterocycles. The maximum absolute atomic E-state index is 12.0. The van der Waals surface area contributed by atoms with Crippen LogP contribution in [0.1, 0.15) is 5.69 Å². The minimum absolute atomic E-state index is 0.124. The molecule has 2 N–H and O–H groups in total. The van der Waals surface area contributed by atoms with Gasteiger partial charge in [0.25, 0.3) is 5.56 Å². The molecule has 0 saturated carbocycles. The van der Waals surface area contributed by atoms with Crippen molar-refractivity contribution < 1.29 is 5.11 Å². The van der Waals surface area contributed by atoms with Gasteiger partial charge < -0.3 is 5.11 Å². The van der Waals surface area contributed by atoms with Gasteiger partial charge in [0.15, 0.2) is 0 Å². The maximum Gasteiger partial charge on any atom is 0.282 e. The van der Waals surface area contributed by atoms with E-state index < -0.39 is 0 Å². The zero-order valence-electron chi connectivity index (χ0n) is 11.4. The van der Waals surface area contributed by atoms with Crippen molar-refractivity contribution >= 4 is 23.4 Å². The maximum atomic E-state index is 12.0. The summed E-state index contributed by atoms with van der Waals surface area (Å²) in [5.41, 5.74) is 0.372. The number of benzene rings is 1. The number of hydrogen-bond donors (Lipinski definition) is 2. The third kappa shape index (κ3) is 3.03. The van der Waals surface area contributed by atoms with Crippen molar-refractivity contribution in [1.29, 1.82) is 0 Å². The highest BCUT2D eigenvalue weighted by atomic mass is 35.5. The van der Waals surface area contributed by atoms with Crippen molar-refractivity contribution in [3.05, 3.63) is 69.7 Å². The first-order valence-corrected chi connectivity index (χ1v) is 7.68. The smallest absolute Gasteiger partial charge is 0.282 e. The van der Waals surface area contributed by atoms with Crippen LogP contribution in [-0.2, 0) is 6.54 Å². The van der Waals surface area contributed by atoms with Gasteiger partial charge in [-0.1, -0.05) is 41.6 Å². The second-order valence-corrected chi connectivity index (χ2v) is 5.99. The number of nitrogens with one attached hydrogen (secondary N) is 1. The molecule has 3 aromatic rings. The number of aromatic hydroxyl groups is 1. The molecule has 0 radical (unpaired) electrons. The summed E-state index contributed by atoms with van der Waals surface area (Å²) in [6, 6.07) is 12.6. The number of nitrogens with zero attached hydrogens (tertiary/aromatic N) is 2. The molecule has 0 atom stereocenters. The quantitative estimate of drug-likeness (QED) is 0.769. The summed E-state index contributed by atoms with van der Waals surface area (Å²) in [7, 11) is 0. The zero-order valence-corrected chi connectivity index (χ0v) is 12.9. The van der Waals surface area contributed by atoms with Crippen LogP contribution in [0.15, 0.2) is 63.2 Å². The van der Waals surface area contributed by atoms with Gasteiger partial charge in [0.05, 0.1) is 17.3 Å². The van der Waals surface area contributed by atoms with Crippen molar-refractivity contribution in [3.8, 4) is 5.88 Å². The Morgan fingerprint density at radius 1 is 1.23 bits per heavy atom. The van der Waals surface area contributed by atoms with Gasteiger partial charge in [-0.3, -0.25) is 14.9 Å². The summed E-state index contributed by atoms with van der Waals surface area (Å²) in [4.78, 5) is 17.1. The minimum Gasteiger partial charge on any atom is -0.493 e. The number of H-pyrrole nitrogens is 1. The van der Waals surface area contributed by atoms with Crippen molar-refractivity contribution in [2.45, 2.75) is 16.3 Å². The fraction of sp³-hybridized carbons (Fsp3) is 0.0667. The lowest BCUT2D eigenvalue weighted by molar-refractivity contribution is 0.398. The summed E-state index contributed by atoms with van der Waals surface area (Å²) in [6.45, 7) is 0.283. The van der Waals surface area contributed by atoms with Crippen LogP contribution >= 0.6 is 23.4 Å². The minimum atomic E-state index is -0.363. The van der Waals surface area contributed by atoms with Gasteiger partial charge in [0, 0.05) is 11.1 Å². The van der Waals surface area contributed by atoms with Crippen LogP contribution in [0.2, 0.25) is 5.02 Å². The molecule has 112 valence electrons. The topological polar surface area (TPSA) is 70.9 Å². The van der Waals surface area contributed by atoms with E-state index in [1.54, 1.807) is 24.4 Å². The fourth-order valence-corrected chi connectivity index (χ4v) is 3.07. The molecule has 0 aliphatic carbocycles. The van der Waals surface area contributed by atoms with Gasteiger partial charge in [-0.05, 0) is 24.3 Å². The summed E-state index contributed by atoms with van der Waals surface area (Å²) < 4.78 is 1.36. The lowest BCUT2D eigenvalue weighted by Gasteiger charge is -2.04. The highest BCUT2D eigenvalue weighted by molar-refractivity contribution is 7.99. The second-order valence-electron chi connectivity index (χ2n) is 4.53. The highest BCUT2D eigenvalue weighted by Crippen LogP contribution is 2.35. The van der Waals surface area contributed by atoms with Gasteiger partial charge in [-0.15, -0.1) is 0 Å². The van der Waals surface area contributed by atoms with E-state index in [0.717, 1.165) is 17.5 Å². The Morgan fingerprint density at radius 2 is 2.00 bits per heavy atom. The molecule has 5 nitrogen and oxygen atoms in total.